The third-order valence-corrected chi connectivity index (χ3v) is 9.96. The number of aromatic nitrogens is 1. The molecule has 7 heteroatoms. The fourth-order valence-electron chi connectivity index (χ4n) is 7.53. The number of nitrogens with one attached hydrogen (secondary N) is 3. The van der Waals surface area contributed by atoms with Crippen LogP contribution in [-0.4, -0.2) is 54.0 Å². The van der Waals surface area contributed by atoms with Crippen LogP contribution in [0.15, 0.2) is 30.3 Å². The molecule has 2 aliphatic heterocycles. The first-order valence-corrected chi connectivity index (χ1v) is 17.2. The third kappa shape index (κ3) is 8.43. The number of H-pyrrole nitrogens is 1. The zero-order chi connectivity index (χ0) is 30.1. The van der Waals surface area contributed by atoms with Crippen molar-refractivity contribution < 1.29 is 14.3 Å². The first-order valence-electron chi connectivity index (χ1n) is 17.2. The molecule has 1 spiro atoms. The number of benzene rings is 1. The van der Waals surface area contributed by atoms with Crippen molar-refractivity contribution in [3.05, 3.63) is 52.8 Å². The Bertz CT molecular complexity index is 1170. The van der Waals surface area contributed by atoms with E-state index in [1.54, 1.807) is 0 Å². The molecule has 5 rings (SSSR count). The number of amides is 2. The highest BCUT2D eigenvalue weighted by atomic mass is 16.5. The van der Waals surface area contributed by atoms with Crippen molar-refractivity contribution in [3.8, 4) is 5.75 Å². The summed E-state index contributed by atoms with van der Waals surface area (Å²) < 4.78 is 5.70. The second kappa shape index (κ2) is 15.3. The summed E-state index contributed by atoms with van der Waals surface area (Å²) in [5.74, 6) is 1.60. The van der Waals surface area contributed by atoms with E-state index in [9.17, 15) is 9.59 Å². The fourth-order valence-corrected chi connectivity index (χ4v) is 7.53. The van der Waals surface area contributed by atoms with E-state index in [0.717, 1.165) is 75.3 Å². The van der Waals surface area contributed by atoms with Gasteiger partial charge in [0.05, 0.1) is 6.10 Å². The Labute approximate surface area is 258 Å². The number of hydrogen-bond acceptors (Lipinski definition) is 4. The van der Waals surface area contributed by atoms with Gasteiger partial charge in [-0.3, -0.25) is 9.59 Å². The van der Waals surface area contributed by atoms with Crippen molar-refractivity contribution in [2.45, 2.75) is 122 Å². The largest absolute Gasteiger partial charge is 0.491 e. The Balaban J connectivity index is 1.02. The molecule has 236 valence electrons. The summed E-state index contributed by atoms with van der Waals surface area (Å²) in [4.78, 5) is 31.7. The number of fused-ring (bicyclic) bond motifs is 2. The average Bonchev–Trinajstić information content (AvgIpc) is 3.47. The zero-order valence-electron chi connectivity index (χ0n) is 26.6. The maximum Gasteiger partial charge on any atom is 0.267 e. The van der Waals surface area contributed by atoms with Crippen molar-refractivity contribution in [3.63, 3.8) is 0 Å². The Kier molecular flexibility index (Phi) is 11.2. The summed E-state index contributed by atoms with van der Waals surface area (Å²) >= 11 is 0. The standard InChI is InChI=1S/C36H54N4O3/c1-27(2)43-31-15-13-29(14-16-31)35(42)40-22-17-28(18-23-40)12-8-11-21-38-34(41)32-24-30-25-37-26-36(33(30)39-32)19-9-6-4-3-5-7-10-20-36/h13-16,24,27-28,37,39H,3-12,17-23,25-26H2,1-2H3,(H,38,41). The third-order valence-electron chi connectivity index (χ3n) is 9.96. The molecular weight excluding hydrogens is 536 g/mol. The van der Waals surface area contributed by atoms with Crippen molar-refractivity contribution in [2.75, 3.05) is 26.2 Å². The second-order valence-electron chi connectivity index (χ2n) is 13.6. The highest BCUT2D eigenvalue weighted by Gasteiger charge is 2.38. The molecule has 0 unspecified atom stereocenters. The lowest BCUT2D eigenvalue weighted by Crippen LogP contribution is -2.43. The van der Waals surface area contributed by atoms with Crippen molar-refractivity contribution in [1.82, 2.24) is 20.5 Å². The number of piperidine rings is 1. The average molecular weight is 591 g/mol. The van der Waals surface area contributed by atoms with Gasteiger partial charge < -0.3 is 25.3 Å². The van der Waals surface area contributed by atoms with Crippen LogP contribution in [0.2, 0.25) is 0 Å². The summed E-state index contributed by atoms with van der Waals surface area (Å²) in [5, 5.41) is 6.86. The minimum absolute atomic E-state index is 0.0278. The number of hydrogen-bond donors (Lipinski definition) is 3. The number of aromatic amines is 1. The Morgan fingerprint density at radius 1 is 0.977 bits per heavy atom. The highest BCUT2D eigenvalue weighted by molar-refractivity contribution is 5.94. The van der Waals surface area contributed by atoms with E-state index in [2.05, 4.69) is 21.7 Å². The van der Waals surface area contributed by atoms with Gasteiger partial charge in [0.25, 0.3) is 11.8 Å². The van der Waals surface area contributed by atoms with Crippen LogP contribution >= 0.6 is 0 Å². The molecule has 1 aromatic heterocycles. The van der Waals surface area contributed by atoms with E-state index in [1.165, 1.54) is 69.0 Å². The van der Waals surface area contributed by atoms with Crippen LogP contribution in [0.4, 0.5) is 0 Å². The van der Waals surface area contributed by atoms with Crippen LogP contribution in [0.25, 0.3) is 0 Å². The van der Waals surface area contributed by atoms with Crippen molar-refractivity contribution in [1.29, 1.82) is 0 Å². The lowest BCUT2D eigenvalue weighted by molar-refractivity contribution is 0.0685. The molecule has 3 heterocycles. The topological polar surface area (TPSA) is 86.5 Å². The normalized spacial score (nSPS) is 19.7. The number of carbonyl (C=O) groups excluding carboxylic acids is 2. The number of likely N-dealkylation sites (tertiary alicyclic amines) is 1. The number of ether oxygens (including phenoxy) is 1. The maximum absolute atomic E-state index is 13.1. The SMILES string of the molecule is CC(C)Oc1ccc(C(=O)N2CCC(CCCCNC(=O)c3cc4c([nH]3)C3(CCCCCCCCC3)CNC4)CC2)cc1. The van der Waals surface area contributed by atoms with E-state index in [-0.39, 0.29) is 23.3 Å². The molecule has 2 fully saturated rings. The van der Waals surface area contributed by atoms with Crippen molar-refractivity contribution in [2.24, 2.45) is 5.92 Å². The number of nitrogens with zero attached hydrogens (tertiary/aromatic N) is 1. The predicted octanol–water partition coefficient (Wildman–Crippen LogP) is 7.12. The molecule has 1 saturated carbocycles. The van der Waals surface area contributed by atoms with Crippen LogP contribution in [0.5, 0.6) is 5.75 Å². The lowest BCUT2D eigenvalue weighted by Gasteiger charge is -2.38. The van der Waals surface area contributed by atoms with Gasteiger partial charge in [-0.2, -0.15) is 0 Å². The fraction of sp³-hybridized carbons (Fsp3) is 0.667. The first-order chi connectivity index (χ1) is 20.9. The molecule has 1 saturated heterocycles. The monoisotopic (exact) mass is 590 g/mol. The van der Waals surface area contributed by atoms with Gasteiger partial charge in [-0.25, -0.2) is 0 Å². The van der Waals surface area contributed by atoms with Crippen LogP contribution < -0.4 is 15.4 Å². The molecule has 3 N–H and O–H groups in total. The molecular formula is C36H54N4O3. The summed E-state index contributed by atoms with van der Waals surface area (Å²) in [7, 11) is 0. The molecule has 1 aromatic carbocycles. The van der Waals surface area contributed by atoms with E-state index >= 15 is 0 Å². The van der Waals surface area contributed by atoms with Crippen LogP contribution in [0.1, 0.15) is 136 Å². The summed E-state index contributed by atoms with van der Waals surface area (Å²) in [6, 6.07) is 9.62. The second-order valence-corrected chi connectivity index (χ2v) is 13.6. The van der Waals surface area contributed by atoms with Gasteiger partial charge in [0.1, 0.15) is 11.4 Å². The minimum Gasteiger partial charge on any atom is -0.491 e. The Hall–Kier alpha value is -2.80. The Morgan fingerprint density at radius 2 is 1.65 bits per heavy atom. The van der Waals surface area contributed by atoms with Crippen LogP contribution in [0, 0.1) is 5.92 Å². The smallest absolute Gasteiger partial charge is 0.267 e. The van der Waals surface area contributed by atoms with Gasteiger partial charge in [0.2, 0.25) is 0 Å². The zero-order valence-corrected chi connectivity index (χ0v) is 26.6. The van der Waals surface area contributed by atoms with E-state index in [4.69, 9.17) is 4.74 Å². The van der Waals surface area contributed by atoms with Gasteiger partial charge in [-0.1, -0.05) is 57.8 Å². The first kappa shape index (κ1) is 31.6. The Morgan fingerprint density at radius 3 is 2.33 bits per heavy atom. The molecule has 0 radical (unpaired) electrons. The molecule has 3 aliphatic rings. The van der Waals surface area contributed by atoms with Crippen LogP contribution in [-0.2, 0) is 12.0 Å². The molecule has 43 heavy (non-hydrogen) atoms. The number of rotatable bonds is 9. The van der Waals surface area contributed by atoms with Gasteiger partial charge >= 0.3 is 0 Å². The molecule has 1 aliphatic carbocycles. The highest BCUT2D eigenvalue weighted by Crippen LogP contribution is 2.40. The molecule has 0 atom stereocenters. The predicted molar refractivity (Wildman–Crippen MR) is 173 cm³/mol. The maximum atomic E-state index is 13.1. The molecule has 7 nitrogen and oxygen atoms in total. The molecule has 0 bridgehead atoms. The van der Waals surface area contributed by atoms with Gasteiger partial charge in [-0.05, 0) is 87.8 Å². The molecule has 2 amide bonds. The number of unbranched alkanes of at least 4 members (excludes halogenated alkanes) is 1. The van der Waals surface area contributed by atoms with E-state index < -0.39 is 0 Å². The summed E-state index contributed by atoms with van der Waals surface area (Å²) in [5.41, 5.74) is 4.23. The van der Waals surface area contributed by atoms with Gasteiger partial charge in [0.15, 0.2) is 0 Å². The lowest BCUT2D eigenvalue weighted by atomic mass is 9.72. The van der Waals surface area contributed by atoms with Gasteiger partial charge in [0, 0.05) is 49.4 Å². The summed E-state index contributed by atoms with van der Waals surface area (Å²) in [6.07, 6.45) is 17.2. The van der Waals surface area contributed by atoms with Crippen molar-refractivity contribution >= 4 is 11.8 Å². The van der Waals surface area contributed by atoms with Gasteiger partial charge in [-0.15, -0.1) is 0 Å². The molecule has 2 aromatic rings. The number of carbonyl (C=O) groups is 2. The summed E-state index contributed by atoms with van der Waals surface area (Å²) in [6.45, 7) is 8.22. The van der Waals surface area contributed by atoms with E-state index in [0.29, 0.717) is 12.5 Å². The van der Waals surface area contributed by atoms with Crippen LogP contribution in [0.3, 0.4) is 0 Å². The minimum atomic E-state index is 0.0278. The van der Waals surface area contributed by atoms with E-state index in [1.807, 2.05) is 43.0 Å². The quantitative estimate of drug-likeness (QED) is 0.272.